The molecule has 0 spiro atoms. The molecule has 25 heavy (non-hydrogen) atoms. The van der Waals surface area contributed by atoms with Crippen molar-refractivity contribution >= 4 is 23.0 Å². The monoisotopic (exact) mass is 364 g/mol. The molecule has 2 N–H and O–H groups in total. The number of hydrogen-bond donors (Lipinski definition) is 2. The van der Waals surface area contributed by atoms with E-state index < -0.39 is 11.6 Å². The van der Waals surface area contributed by atoms with Gasteiger partial charge in [-0.3, -0.25) is 0 Å². The van der Waals surface area contributed by atoms with Crippen LogP contribution in [-0.4, -0.2) is 31.6 Å². The first-order chi connectivity index (χ1) is 12.2. The van der Waals surface area contributed by atoms with Crippen molar-refractivity contribution in [2.75, 3.05) is 24.5 Å². The zero-order valence-electron chi connectivity index (χ0n) is 14.1. The van der Waals surface area contributed by atoms with Gasteiger partial charge < -0.3 is 15.5 Å². The minimum atomic E-state index is -0.551. The number of benzene rings is 1. The molecule has 1 saturated heterocycles. The molecule has 0 aliphatic carbocycles. The van der Waals surface area contributed by atoms with Crippen LogP contribution >= 0.6 is 11.3 Å². The summed E-state index contributed by atoms with van der Waals surface area (Å²) in [6.07, 6.45) is 0.875. The highest BCUT2D eigenvalue weighted by molar-refractivity contribution is 7.09. The van der Waals surface area contributed by atoms with Crippen LogP contribution < -0.4 is 15.5 Å². The van der Waals surface area contributed by atoms with Gasteiger partial charge in [-0.2, -0.15) is 0 Å². The van der Waals surface area contributed by atoms with E-state index in [0.717, 1.165) is 31.5 Å². The van der Waals surface area contributed by atoms with Crippen LogP contribution in [0.4, 0.5) is 14.5 Å². The number of guanidine groups is 1. The van der Waals surface area contributed by atoms with Crippen molar-refractivity contribution in [2.24, 2.45) is 4.99 Å². The van der Waals surface area contributed by atoms with Gasteiger partial charge in [0, 0.05) is 36.6 Å². The van der Waals surface area contributed by atoms with Gasteiger partial charge in [-0.1, -0.05) is 6.07 Å². The summed E-state index contributed by atoms with van der Waals surface area (Å²) < 4.78 is 27.0. The first-order valence-electron chi connectivity index (χ1n) is 8.43. The number of hydrogen-bond acceptors (Lipinski definition) is 3. The molecule has 2 heterocycles. The molecule has 1 atom stereocenters. The Morgan fingerprint density at radius 2 is 2.24 bits per heavy atom. The van der Waals surface area contributed by atoms with E-state index in [4.69, 9.17) is 0 Å². The van der Waals surface area contributed by atoms with Crippen molar-refractivity contribution in [1.82, 2.24) is 10.6 Å². The van der Waals surface area contributed by atoms with Crippen LogP contribution in [0.15, 0.2) is 40.7 Å². The summed E-state index contributed by atoms with van der Waals surface area (Å²) in [5.74, 6) is -0.300. The Hall–Kier alpha value is -2.15. The second-order valence-corrected chi connectivity index (χ2v) is 6.98. The van der Waals surface area contributed by atoms with E-state index in [9.17, 15) is 8.78 Å². The molecule has 7 heteroatoms. The maximum absolute atomic E-state index is 14.0. The van der Waals surface area contributed by atoms with E-state index in [-0.39, 0.29) is 6.04 Å². The van der Waals surface area contributed by atoms with Gasteiger partial charge in [-0.25, -0.2) is 13.8 Å². The van der Waals surface area contributed by atoms with Crippen molar-refractivity contribution in [1.29, 1.82) is 0 Å². The highest BCUT2D eigenvalue weighted by Crippen LogP contribution is 2.24. The van der Waals surface area contributed by atoms with Crippen LogP contribution in [0.3, 0.4) is 0 Å². The molecule has 1 unspecified atom stereocenters. The summed E-state index contributed by atoms with van der Waals surface area (Å²) in [5, 5.41) is 8.70. The summed E-state index contributed by atoms with van der Waals surface area (Å²) in [4.78, 5) is 7.76. The Kier molecular flexibility index (Phi) is 5.86. The first-order valence-corrected chi connectivity index (χ1v) is 9.31. The molecule has 4 nitrogen and oxygen atoms in total. The van der Waals surface area contributed by atoms with Crippen LogP contribution in [0.1, 0.15) is 18.2 Å². The van der Waals surface area contributed by atoms with Crippen LogP contribution in [-0.2, 0) is 6.54 Å². The largest absolute Gasteiger partial charge is 0.367 e. The van der Waals surface area contributed by atoms with Gasteiger partial charge in [0.25, 0.3) is 0 Å². The normalized spacial score (nSPS) is 17.8. The molecule has 134 valence electrons. The molecule has 3 rings (SSSR count). The van der Waals surface area contributed by atoms with Gasteiger partial charge in [0.2, 0.25) is 0 Å². The minimum Gasteiger partial charge on any atom is -0.367 e. The Labute approximate surface area is 150 Å². The molecule has 0 amide bonds. The van der Waals surface area contributed by atoms with Crippen molar-refractivity contribution in [3.8, 4) is 0 Å². The second-order valence-electron chi connectivity index (χ2n) is 5.95. The summed E-state index contributed by atoms with van der Waals surface area (Å²) in [7, 11) is 0. The minimum absolute atomic E-state index is 0.172. The Balaban J connectivity index is 1.61. The summed E-state index contributed by atoms with van der Waals surface area (Å²) >= 11 is 1.68. The lowest BCUT2D eigenvalue weighted by Gasteiger charge is -2.21. The number of aliphatic imine (C=N–C) groups is 1. The highest BCUT2D eigenvalue weighted by atomic mass is 32.1. The number of nitrogens with one attached hydrogen (secondary N) is 2. The third-order valence-electron chi connectivity index (χ3n) is 4.10. The molecule has 1 fully saturated rings. The van der Waals surface area contributed by atoms with E-state index >= 15 is 0 Å². The average molecular weight is 364 g/mol. The molecule has 2 aromatic rings. The number of anilines is 1. The maximum Gasteiger partial charge on any atom is 0.191 e. The number of halogens is 2. The van der Waals surface area contributed by atoms with Crippen LogP contribution in [0.2, 0.25) is 0 Å². The summed E-state index contributed by atoms with van der Waals surface area (Å²) in [6, 6.07) is 7.98. The fraction of sp³-hybridized carbons (Fsp3) is 0.389. The summed E-state index contributed by atoms with van der Waals surface area (Å²) in [5.41, 5.74) is 0.450. The lowest BCUT2D eigenvalue weighted by molar-refractivity contribution is 0.580. The topological polar surface area (TPSA) is 39.7 Å². The smallest absolute Gasteiger partial charge is 0.191 e. The standard InChI is InChI=1S/C18H22F2N4S/c1-2-21-18(22-11-15-4-3-9-25-15)23-14-7-8-24(12-14)17-6-5-13(19)10-16(17)20/h3-6,9-10,14H,2,7-8,11-12H2,1H3,(H2,21,22,23). The van der Waals surface area contributed by atoms with Crippen molar-refractivity contribution in [3.05, 3.63) is 52.2 Å². The van der Waals surface area contributed by atoms with Crippen LogP contribution in [0.25, 0.3) is 0 Å². The van der Waals surface area contributed by atoms with Crippen LogP contribution in [0.5, 0.6) is 0 Å². The van der Waals surface area contributed by atoms with E-state index in [2.05, 4.69) is 21.7 Å². The Morgan fingerprint density at radius 1 is 1.36 bits per heavy atom. The number of nitrogens with zero attached hydrogens (tertiary/aromatic N) is 2. The van der Waals surface area contributed by atoms with Gasteiger partial charge >= 0.3 is 0 Å². The van der Waals surface area contributed by atoms with Crippen molar-refractivity contribution in [2.45, 2.75) is 25.9 Å². The van der Waals surface area contributed by atoms with Gasteiger partial charge in [0.15, 0.2) is 5.96 Å². The average Bonchev–Trinajstić information content (AvgIpc) is 3.24. The SMILES string of the molecule is CCNC(=NCc1cccs1)NC1CCN(c2ccc(F)cc2F)C1. The second kappa shape index (κ2) is 8.29. The van der Waals surface area contributed by atoms with E-state index in [1.54, 1.807) is 11.3 Å². The zero-order valence-corrected chi connectivity index (χ0v) is 15.0. The first kappa shape index (κ1) is 17.7. The van der Waals surface area contributed by atoms with Crippen molar-refractivity contribution in [3.63, 3.8) is 0 Å². The fourth-order valence-corrected chi connectivity index (χ4v) is 3.54. The van der Waals surface area contributed by atoms with Gasteiger partial charge in [-0.05, 0) is 36.9 Å². The van der Waals surface area contributed by atoms with E-state index in [1.165, 1.54) is 17.0 Å². The van der Waals surface area contributed by atoms with Gasteiger partial charge in [0.05, 0.1) is 12.2 Å². The number of rotatable bonds is 5. The van der Waals surface area contributed by atoms with E-state index in [0.29, 0.717) is 18.8 Å². The molecular weight excluding hydrogens is 342 g/mol. The third-order valence-corrected chi connectivity index (χ3v) is 4.96. The molecular formula is C18H22F2N4S. The fourth-order valence-electron chi connectivity index (χ4n) is 2.91. The van der Waals surface area contributed by atoms with Gasteiger partial charge in [0.1, 0.15) is 11.6 Å². The maximum atomic E-state index is 14.0. The predicted molar refractivity (Wildman–Crippen MR) is 99.2 cm³/mol. The lowest BCUT2D eigenvalue weighted by Crippen LogP contribution is -2.44. The quantitative estimate of drug-likeness (QED) is 0.631. The molecule has 1 aromatic carbocycles. The summed E-state index contributed by atoms with van der Waals surface area (Å²) in [6.45, 7) is 4.82. The molecule has 0 radical (unpaired) electrons. The zero-order chi connectivity index (χ0) is 17.6. The van der Waals surface area contributed by atoms with E-state index in [1.807, 2.05) is 23.3 Å². The molecule has 0 bridgehead atoms. The highest BCUT2D eigenvalue weighted by Gasteiger charge is 2.25. The third kappa shape index (κ3) is 4.69. The predicted octanol–water partition coefficient (Wildman–Crippen LogP) is 3.36. The number of thiophene rings is 1. The lowest BCUT2D eigenvalue weighted by atomic mass is 10.2. The Bertz CT molecular complexity index is 718. The van der Waals surface area contributed by atoms with Gasteiger partial charge in [-0.15, -0.1) is 11.3 Å². The Morgan fingerprint density at radius 3 is 2.96 bits per heavy atom. The van der Waals surface area contributed by atoms with Crippen molar-refractivity contribution < 1.29 is 8.78 Å². The molecule has 0 saturated carbocycles. The molecule has 1 aromatic heterocycles. The molecule has 1 aliphatic rings. The van der Waals surface area contributed by atoms with Crippen LogP contribution in [0, 0.1) is 11.6 Å². The molecule has 1 aliphatic heterocycles.